The van der Waals surface area contributed by atoms with E-state index in [-0.39, 0.29) is 6.54 Å². The predicted molar refractivity (Wildman–Crippen MR) is 68.6 cm³/mol. The number of aromatic nitrogens is 3. The second-order valence-electron chi connectivity index (χ2n) is 4.41. The third kappa shape index (κ3) is 2.08. The molecule has 1 unspecified atom stereocenters. The molecular weight excluding hydrogens is 322 g/mol. The molecule has 3 heterocycles. The van der Waals surface area contributed by atoms with Crippen LogP contribution in [0.4, 0.5) is 14.6 Å². The average Bonchev–Trinajstić information content (AvgIpc) is 2.86. The van der Waals surface area contributed by atoms with E-state index in [2.05, 4.69) is 26.0 Å². The van der Waals surface area contributed by atoms with Crippen LogP contribution in [0, 0.1) is 0 Å². The van der Waals surface area contributed by atoms with Gasteiger partial charge >= 0.3 is 0 Å². The lowest BCUT2D eigenvalue weighted by Gasteiger charge is -2.16. The second-order valence-corrected chi connectivity index (χ2v) is 5.23. The van der Waals surface area contributed by atoms with Crippen molar-refractivity contribution >= 4 is 27.3 Å². The van der Waals surface area contributed by atoms with Crippen LogP contribution in [0.2, 0.25) is 0 Å². The van der Waals surface area contributed by atoms with Crippen LogP contribution in [0.15, 0.2) is 23.1 Å². The maximum atomic E-state index is 13.7. The van der Waals surface area contributed by atoms with Crippen LogP contribution in [-0.2, 0) is 4.74 Å². The molecule has 8 heteroatoms. The van der Waals surface area contributed by atoms with E-state index in [1.807, 2.05) is 0 Å². The molecule has 0 aromatic carbocycles. The Morgan fingerprint density at radius 1 is 1.53 bits per heavy atom. The summed E-state index contributed by atoms with van der Waals surface area (Å²) < 4.78 is 34.5. The fourth-order valence-electron chi connectivity index (χ4n) is 2.28. The highest BCUT2D eigenvalue weighted by Crippen LogP contribution is 2.34. The van der Waals surface area contributed by atoms with Crippen LogP contribution >= 0.6 is 15.9 Å². The van der Waals surface area contributed by atoms with E-state index in [0.29, 0.717) is 15.9 Å². The van der Waals surface area contributed by atoms with Crippen LogP contribution in [0.25, 0.3) is 5.52 Å². The lowest BCUT2D eigenvalue weighted by atomic mass is 10.2. The first kappa shape index (κ1) is 12.7. The molecule has 1 atom stereocenters. The lowest BCUT2D eigenvalue weighted by molar-refractivity contribution is -0.0889. The van der Waals surface area contributed by atoms with Crippen molar-refractivity contribution in [2.75, 3.05) is 25.1 Å². The van der Waals surface area contributed by atoms with Crippen molar-refractivity contribution in [2.45, 2.75) is 12.0 Å². The van der Waals surface area contributed by atoms with Crippen molar-refractivity contribution in [3.05, 3.63) is 23.1 Å². The summed E-state index contributed by atoms with van der Waals surface area (Å²) in [7, 11) is 1.30. The van der Waals surface area contributed by atoms with E-state index in [9.17, 15) is 8.78 Å². The van der Waals surface area contributed by atoms with E-state index in [1.54, 1.807) is 23.0 Å². The zero-order valence-corrected chi connectivity index (χ0v) is 11.6. The van der Waals surface area contributed by atoms with Crippen molar-refractivity contribution < 1.29 is 13.5 Å². The zero-order chi connectivity index (χ0) is 13.6. The van der Waals surface area contributed by atoms with Gasteiger partial charge < -0.3 is 9.64 Å². The van der Waals surface area contributed by atoms with Gasteiger partial charge in [0.2, 0.25) is 0 Å². The summed E-state index contributed by atoms with van der Waals surface area (Å²) in [5, 5.41) is 4.17. The number of hydrogen-bond donors (Lipinski definition) is 0. The highest BCUT2D eigenvalue weighted by atomic mass is 79.9. The van der Waals surface area contributed by atoms with Crippen LogP contribution in [0.5, 0.6) is 0 Å². The number of nitrogens with zero attached hydrogens (tertiary/aromatic N) is 4. The molecule has 0 aliphatic carbocycles. The van der Waals surface area contributed by atoms with E-state index in [4.69, 9.17) is 4.74 Å². The number of methoxy groups -OCH3 is 1. The third-order valence-corrected chi connectivity index (χ3v) is 3.57. The minimum atomic E-state index is -2.87. The summed E-state index contributed by atoms with van der Waals surface area (Å²) in [4.78, 5) is 5.72. The maximum absolute atomic E-state index is 13.7. The zero-order valence-electron chi connectivity index (χ0n) is 10.1. The Bertz CT molecular complexity index is 618. The van der Waals surface area contributed by atoms with Gasteiger partial charge in [0.15, 0.2) is 5.82 Å². The summed E-state index contributed by atoms with van der Waals surface area (Å²) in [5.74, 6) is -2.39. The Kier molecular flexibility index (Phi) is 2.94. The summed E-state index contributed by atoms with van der Waals surface area (Å²) >= 11 is 3.26. The predicted octanol–water partition coefficient (Wildman–Crippen LogP) is 1.96. The first-order chi connectivity index (χ1) is 9.01. The number of ether oxygens (including phenoxy) is 1. The molecule has 2 aromatic rings. The van der Waals surface area contributed by atoms with Crippen molar-refractivity contribution in [2.24, 2.45) is 0 Å². The van der Waals surface area contributed by atoms with Crippen molar-refractivity contribution in [1.29, 1.82) is 0 Å². The summed E-state index contributed by atoms with van der Waals surface area (Å²) in [6, 6.07) is 1.75. The van der Waals surface area contributed by atoms with Crippen LogP contribution in [0.3, 0.4) is 0 Å². The first-order valence-corrected chi connectivity index (χ1v) is 6.46. The summed E-state index contributed by atoms with van der Waals surface area (Å²) in [6.07, 6.45) is 2.10. The molecule has 19 heavy (non-hydrogen) atoms. The van der Waals surface area contributed by atoms with Crippen LogP contribution in [0.1, 0.15) is 0 Å². The normalized spacial score (nSPS) is 22.3. The van der Waals surface area contributed by atoms with Gasteiger partial charge in [-0.2, -0.15) is 5.10 Å². The van der Waals surface area contributed by atoms with Crippen molar-refractivity contribution in [1.82, 2.24) is 14.6 Å². The van der Waals surface area contributed by atoms with Gasteiger partial charge in [-0.25, -0.2) is 18.3 Å². The third-order valence-electron chi connectivity index (χ3n) is 3.18. The molecular formula is C11H11BrF2N4O. The topological polar surface area (TPSA) is 42.7 Å². The second kappa shape index (κ2) is 4.38. The number of alkyl halides is 2. The minimum Gasteiger partial charge on any atom is -0.373 e. The molecule has 1 saturated heterocycles. The Balaban J connectivity index is 2.02. The molecule has 5 nitrogen and oxygen atoms in total. The smallest absolute Gasteiger partial charge is 0.292 e. The molecule has 0 spiro atoms. The minimum absolute atomic E-state index is 0.110. The molecule has 1 aliphatic heterocycles. The SMILES string of the molecule is COC1CN(c2nccn3nc(Br)cc23)CC1(F)F. The number of halogens is 3. The van der Waals surface area contributed by atoms with Gasteiger partial charge in [0.1, 0.15) is 16.2 Å². The molecule has 102 valence electrons. The molecule has 1 aliphatic rings. The van der Waals surface area contributed by atoms with Gasteiger partial charge in [0.05, 0.1) is 13.1 Å². The Morgan fingerprint density at radius 2 is 2.32 bits per heavy atom. The van der Waals surface area contributed by atoms with Gasteiger partial charge in [0.25, 0.3) is 5.92 Å². The molecule has 3 rings (SSSR count). The molecule has 0 radical (unpaired) electrons. The monoisotopic (exact) mass is 332 g/mol. The molecule has 0 N–H and O–H groups in total. The van der Waals surface area contributed by atoms with E-state index in [1.165, 1.54) is 12.0 Å². The van der Waals surface area contributed by atoms with Crippen LogP contribution < -0.4 is 4.90 Å². The maximum Gasteiger partial charge on any atom is 0.292 e. The average molecular weight is 333 g/mol. The Morgan fingerprint density at radius 3 is 3.00 bits per heavy atom. The lowest BCUT2D eigenvalue weighted by Crippen LogP contribution is -2.33. The largest absolute Gasteiger partial charge is 0.373 e. The van der Waals surface area contributed by atoms with Gasteiger partial charge in [-0.15, -0.1) is 0 Å². The molecule has 0 saturated carbocycles. The number of rotatable bonds is 2. The van der Waals surface area contributed by atoms with Crippen LogP contribution in [-0.4, -0.2) is 46.8 Å². The molecule has 2 aromatic heterocycles. The Labute approximate surface area is 116 Å². The van der Waals surface area contributed by atoms with Gasteiger partial charge in [-0.1, -0.05) is 0 Å². The Hall–Kier alpha value is -1.28. The number of anilines is 1. The van der Waals surface area contributed by atoms with Crippen molar-refractivity contribution in [3.63, 3.8) is 0 Å². The quantitative estimate of drug-likeness (QED) is 0.843. The highest BCUT2D eigenvalue weighted by Gasteiger charge is 2.49. The van der Waals surface area contributed by atoms with Gasteiger partial charge in [-0.05, 0) is 15.9 Å². The summed E-state index contributed by atoms with van der Waals surface area (Å²) in [5.41, 5.74) is 0.682. The highest BCUT2D eigenvalue weighted by molar-refractivity contribution is 9.10. The fourth-order valence-corrected chi connectivity index (χ4v) is 2.67. The van der Waals surface area contributed by atoms with E-state index < -0.39 is 18.6 Å². The van der Waals surface area contributed by atoms with E-state index >= 15 is 0 Å². The molecule has 1 fully saturated rings. The fraction of sp³-hybridized carbons (Fsp3) is 0.455. The summed E-state index contributed by atoms with van der Waals surface area (Å²) in [6.45, 7) is -0.292. The standard InChI is InChI=1S/C11H11BrF2N4O/c1-19-8-5-17(6-11(8,13)14)10-7-4-9(12)16-18(7)3-2-15-10/h2-4,8H,5-6H2,1H3. The van der Waals surface area contributed by atoms with Gasteiger partial charge in [-0.3, -0.25) is 0 Å². The molecule has 0 bridgehead atoms. The van der Waals surface area contributed by atoms with Gasteiger partial charge in [0, 0.05) is 25.6 Å². The molecule has 0 amide bonds. The van der Waals surface area contributed by atoms with Crippen molar-refractivity contribution in [3.8, 4) is 0 Å². The number of hydrogen-bond acceptors (Lipinski definition) is 4. The first-order valence-electron chi connectivity index (χ1n) is 5.67. The van der Waals surface area contributed by atoms with E-state index in [0.717, 1.165) is 0 Å². The number of fused-ring (bicyclic) bond motifs is 1.